The van der Waals surface area contributed by atoms with Crippen LogP contribution in [0, 0.1) is 5.82 Å². The Hall–Kier alpha value is -3.37. The molecule has 1 N–H and O–H groups in total. The number of aromatic nitrogens is 2. The molecular formula is C22H18FN3O4S2. The molecule has 0 fully saturated rings. The smallest absolute Gasteiger partial charge is 0.256 e. The molecule has 0 saturated carbocycles. The second kappa shape index (κ2) is 9.84. The molecule has 0 unspecified atom stereocenters. The summed E-state index contributed by atoms with van der Waals surface area (Å²) in [5, 5.41) is 5.45. The van der Waals surface area contributed by atoms with Crippen molar-refractivity contribution in [2.75, 3.05) is 25.3 Å². The van der Waals surface area contributed by atoms with E-state index >= 15 is 0 Å². The van der Waals surface area contributed by atoms with Gasteiger partial charge in [-0.05, 0) is 36.4 Å². The van der Waals surface area contributed by atoms with Crippen molar-refractivity contribution >= 4 is 34.1 Å². The van der Waals surface area contributed by atoms with E-state index in [4.69, 9.17) is 13.9 Å². The number of benzene rings is 2. The van der Waals surface area contributed by atoms with E-state index in [9.17, 15) is 9.18 Å². The number of methoxy groups -OCH3 is 2. The quantitative estimate of drug-likeness (QED) is 0.347. The highest BCUT2D eigenvalue weighted by molar-refractivity contribution is 7.99. The number of ether oxygens (including phenoxy) is 2. The number of hydrogen-bond donors (Lipinski definition) is 1. The molecule has 1 amide bonds. The standard InChI is InChI=1S/C22H18FN3O4S2/c1-28-15-7-8-16(18(9-15)29-2)17-11-31-21(25-17)26-20(27)12-32-22-24-10-19(30-22)13-3-5-14(23)6-4-13/h3-11H,12H2,1-2H3,(H,25,26,27). The number of thiazole rings is 1. The van der Waals surface area contributed by atoms with Gasteiger partial charge in [-0.25, -0.2) is 14.4 Å². The third-order valence-electron chi connectivity index (χ3n) is 4.38. The van der Waals surface area contributed by atoms with Gasteiger partial charge >= 0.3 is 0 Å². The van der Waals surface area contributed by atoms with Crippen molar-refractivity contribution < 1.29 is 23.1 Å². The number of carbonyl (C=O) groups is 1. The highest BCUT2D eigenvalue weighted by Gasteiger charge is 2.14. The number of amides is 1. The Morgan fingerprint density at radius 3 is 2.75 bits per heavy atom. The molecule has 0 aliphatic rings. The van der Waals surface area contributed by atoms with Crippen molar-refractivity contribution in [2.45, 2.75) is 5.22 Å². The van der Waals surface area contributed by atoms with E-state index in [-0.39, 0.29) is 17.5 Å². The molecule has 7 nitrogen and oxygen atoms in total. The molecule has 10 heteroatoms. The molecule has 0 atom stereocenters. The first-order valence-corrected chi connectivity index (χ1v) is 11.2. The molecule has 2 aromatic carbocycles. The SMILES string of the molecule is COc1ccc(-c2csc(NC(=O)CSc3ncc(-c4ccc(F)cc4)o3)n2)c(OC)c1. The number of halogens is 1. The van der Waals surface area contributed by atoms with Gasteiger partial charge < -0.3 is 19.2 Å². The molecule has 164 valence electrons. The summed E-state index contributed by atoms with van der Waals surface area (Å²) in [5.41, 5.74) is 2.20. The lowest BCUT2D eigenvalue weighted by molar-refractivity contribution is -0.113. The predicted molar refractivity (Wildman–Crippen MR) is 122 cm³/mol. The minimum atomic E-state index is -0.324. The third kappa shape index (κ3) is 5.09. The molecule has 4 aromatic rings. The number of thioether (sulfide) groups is 1. The molecule has 32 heavy (non-hydrogen) atoms. The number of oxazole rings is 1. The Labute approximate surface area is 191 Å². The second-order valence-electron chi connectivity index (χ2n) is 6.44. The molecule has 4 rings (SSSR count). The summed E-state index contributed by atoms with van der Waals surface area (Å²) in [7, 11) is 3.17. The van der Waals surface area contributed by atoms with Crippen LogP contribution in [-0.2, 0) is 4.79 Å². The van der Waals surface area contributed by atoms with Gasteiger partial charge in [0, 0.05) is 22.6 Å². The largest absolute Gasteiger partial charge is 0.497 e. The van der Waals surface area contributed by atoms with Crippen LogP contribution >= 0.6 is 23.1 Å². The molecule has 0 aliphatic carbocycles. The molecule has 0 spiro atoms. The minimum Gasteiger partial charge on any atom is -0.497 e. The maximum Gasteiger partial charge on any atom is 0.256 e. The van der Waals surface area contributed by atoms with Gasteiger partial charge in [0.2, 0.25) is 5.91 Å². The predicted octanol–water partition coefficient (Wildman–Crippen LogP) is 5.35. The maximum atomic E-state index is 13.1. The van der Waals surface area contributed by atoms with Crippen molar-refractivity contribution in [2.24, 2.45) is 0 Å². The van der Waals surface area contributed by atoms with Gasteiger partial charge in [0.25, 0.3) is 5.22 Å². The fourth-order valence-electron chi connectivity index (χ4n) is 2.82. The van der Waals surface area contributed by atoms with Crippen molar-refractivity contribution in [1.82, 2.24) is 9.97 Å². The summed E-state index contributed by atoms with van der Waals surface area (Å²) in [6.07, 6.45) is 1.54. The Kier molecular flexibility index (Phi) is 6.72. The zero-order valence-electron chi connectivity index (χ0n) is 17.1. The van der Waals surface area contributed by atoms with Crippen LogP contribution in [-0.4, -0.2) is 35.8 Å². The van der Waals surface area contributed by atoms with Gasteiger partial charge in [0.15, 0.2) is 10.9 Å². The number of nitrogens with one attached hydrogen (secondary N) is 1. The van der Waals surface area contributed by atoms with Crippen LogP contribution in [0.5, 0.6) is 11.5 Å². The van der Waals surface area contributed by atoms with Crippen LogP contribution in [0.25, 0.3) is 22.6 Å². The van der Waals surface area contributed by atoms with Gasteiger partial charge in [-0.2, -0.15) is 0 Å². The van der Waals surface area contributed by atoms with E-state index < -0.39 is 0 Å². The van der Waals surface area contributed by atoms with Crippen molar-refractivity contribution in [3.8, 4) is 34.1 Å². The second-order valence-corrected chi connectivity index (χ2v) is 8.22. The molecular weight excluding hydrogens is 453 g/mol. The summed E-state index contributed by atoms with van der Waals surface area (Å²) in [5.74, 6) is 1.36. The van der Waals surface area contributed by atoms with E-state index in [1.807, 2.05) is 17.5 Å². The van der Waals surface area contributed by atoms with Crippen LogP contribution < -0.4 is 14.8 Å². The van der Waals surface area contributed by atoms with Gasteiger partial charge in [0.1, 0.15) is 17.3 Å². The van der Waals surface area contributed by atoms with Crippen molar-refractivity contribution in [3.63, 3.8) is 0 Å². The monoisotopic (exact) mass is 471 g/mol. The summed E-state index contributed by atoms with van der Waals surface area (Å²) < 4.78 is 29.3. The van der Waals surface area contributed by atoms with Crippen molar-refractivity contribution in [3.05, 3.63) is 59.9 Å². The topological polar surface area (TPSA) is 86.5 Å². The van der Waals surface area contributed by atoms with Gasteiger partial charge in [0.05, 0.1) is 31.9 Å². The van der Waals surface area contributed by atoms with E-state index in [0.29, 0.717) is 38.9 Å². The summed E-state index contributed by atoms with van der Waals surface area (Å²) in [6.45, 7) is 0. The Morgan fingerprint density at radius 2 is 2.00 bits per heavy atom. The number of carbonyl (C=O) groups excluding carboxylic acids is 1. The first kappa shape index (κ1) is 21.8. The lowest BCUT2D eigenvalue weighted by atomic mass is 10.1. The number of hydrogen-bond acceptors (Lipinski definition) is 8. The Bertz CT molecular complexity index is 1220. The summed E-state index contributed by atoms with van der Waals surface area (Å²) in [4.78, 5) is 21.0. The van der Waals surface area contributed by atoms with Gasteiger partial charge in [-0.3, -0.25) is 4.79 Å². The molecule has 0 saturated heterocycles. The number of anilines is 1. The minimum absolute atomic E-state index is 0.101. The Balaban J connectivity index is 1.36. The molecule has 0 radical (unpaired) electrons. The van der Waals surface area contributed by atoms with E-state index in [0.717, 1.165) is 17.3 Å². The fourth-order valence-corrected chi connectivity index (χ4v) is 4.15. The third-order valence-corrected chi connectivity index (χ3v) is 5.98. The van der Waals surface area contributed by atoms with Gasteiger partial charge in [-0.15, -0.1) is 11.3 Å². The summed E-state index contributed by atoms with van der Waals surface area (Å²) >= 11 is 2.48. The van der Waals surface area contributed by atoms with Crippen LogP contribution in [0.1, 0.15) is 0 Å². The van der Waals surface area contributed by atoms with E-state index in [1.165, 1.54) is 23.5 Å². The molecule has 0 bridgehead atoms. The molecule has 2 aromatic heterocycles. The first-order chi connectivity index (χ1) is 15.6. The maximum absolute atomic E-state index is 13.1. The van der Waals surface area contributed by atoms with Crippen LogP contribution in [0.15, 0.2) is 63.7 Å². The molecule has 0 aliphatic heterocycles. The first-order valence-electron chi connectivity index (χ1n) is 9.38. The zero-order chi connectivity index (χ0) is 22.5. The average molecular weight is 472 g/mol. The van der Waals surface area contributed by atoms with Crippen LogP contribution in [0.3, 0.4) is 0 Å². The van der Waals surface area contributed by atoms with Crippen LogP contribution in [0.4, 0.5) is 9.52 Å². The number of rotatable bonds is 8. The normalized spacial score (nSPS) is 10.7. The highest BCUT2D eigenvalue weighted by atomic mass is 32.2. The fraction of sp³-hybridized carbons (Fsp3) is 0.136. The average Bonchev–Trinajstić information content (AvgIpc) is 3.47. The summed E-state index contributed by atoms with van der Waals surface area (Å²) in [6, 6.07) is 11.4. The number of nitrogens with zero attached hydrogens (tertiary/aromatic N) is 2. The lowest BCUT2D eigenvalue weighted by Gasteiger charge is -2.08. The van der Waals surface area contributed by atoms with Gasteiger partial charge in [-0.1, -0.05) is 11.8 Å². The van der Waals surface area contributed by atoms with E-state index in [1.54, 1.807) is 38.6 Å². The van der Waals surface area contributed by atoms with Crippen molar-refractivity contribution in [1.29, 1.82) is 0 Å². The zero-order valence-corrected chi connectivity index (χ0v) is 18.8. The molecule has 2 heterocycles. The van der Waals surface area contributed by atoms with E-state index in [2.05, 4.69) is 15.3 Å². The van der Waals surface area contributed by atoms with Crippen LogP contribution in [0.2, 0.25) is 0 Å². The lowest BCUT2D eigenvalue weighted by Crippen LogP contribution is -2.13. The highest BCUT2D eigenvalue weighted by Crippen LogP contribution is 2.35. The Morgan fingerprint density at radius 1 is 1.19 bits per heavy atom.